The molecule has 0 amide bonds. The van der Waals surface area contributed by atoms with E-state index < -0.39 is 18.0 Å². The maximum absolute atomic E-state index is 13.6. The normalized spacial score (nSPS) is 15.6. The fourth-order valence-corrected chi connectivity index (χ4v) is 4.81. The number of aromatic nitrogens is 1. The lowest BCUT2D eigenvalue weighted by Gasteiger charge is -2.25. The number of esters is 2. The Hall–Kier alpha value is -3.78. The second-order valence-electron chi connectivity index (χ2n) is 7.33. The van der Waals surface area contributed by atoms with Gasteiger partial charge in [-0.15, -0.1) is 0 Å². The molecule has 0 fully saturated rings. The molecule has 0 bridgehead atoms. The van der Waals surface area contributed by atoms with Gasteiger partial charge in [-0.3, -0.25) is 14.2 Å². The summed E-state index contributed by atoms with van der Waals surface area (Å²) in [4.78, 5) is 43.0. The number of nitrogens with zero attached hydrogens (tertiary/aromatic N) is 2. The van der Waals surface area contributed by atoms with Crippen LogP contribution in [0.5, 0.6) is 5.75 Å². The molecule has 1 aliphatic heterocycles. The highest BCUT2D eigenvalue weighted by Crippen LogP contribution is 2.31. The standard InChI is InChI=1S/C25H22N2O5S/c1-4-18-21(24(30)31-3)22(16-10-6-5-7-11-16)27-23(29)20(33-25(27)26-18)14-17-12-8-9-13-19(17)32-15(2)28/h5-14,22H,4H2,1-3H3/b20-14+/t22-/m1/s1. The maximum Gasteiger partial charge on any atom is 0.338 e. The Morgan fingerprint density at radius 3 is 2.48 bits per heavy atom. The van der Waals surface area contributed by atoms with Gasteiger partial charge in [-0.25, -0.2) is 9.79 Å². The molecular formula is C25H22N2O5S. The summed E-state index contributed by atoms with van der Waals surface area (Å²) < 4.78 is 12.3. The largest absolute Gasteiger partial charge is 0.466 e. The van der Waals surface area contributed by atoms with E-state index in [0.717, 1.165) is 5.56 Å². The van der Waals surface area contributed by atoms with Crippen molar-refractivity contribution in [1.29, 1.82) is 0 Å². The van der Waals surface area contributed by atoms with Gasteiger partial charge in [0.05, 0.1) is 29.0 Å². The van der Waals surface area contributed by atoms with Gasteiger partial charge >= 0.3 is 11.9 Å². The Morgan fingerprint density at radius 1 is 1.12 bits per heavy atom. The van der Waals surface area contributed by atoms with Crippen molar-refractivity contribution in [3.8, 4) is 5.75 Å². The summed E-state index contributed by atoms with van der Waals surface area (Å²) in [5, 5.41) is 0. The number of methoxy groups -OCH3 is 1. The number of hydrogen-bond acceptors (Lipinski definition) is 7. The Bertz CT molecular complexity index is 1430. The molecule has 0 unspecified atom stereocenters. The minimum absolute atomic E-state index is 0.290. The van der Waals surface area contributed by atoms with Crippen LogP contribution in [-0.2, 0) is 14.3 Å². The lowest BCUT2D eigenvalue weighted by molar-refractivity contribution is -0.136. The van der Waals surface area contributed by atoms with E-state index >= 15 is 0 Å². The zero-order valence-electron chi connectivity index (χ0n) is 18.4. The monoisotopic (exact) mass is 462 g/mol. The predicted octanol–water partition coefficient (Wildman–Crippen LogP) is 2.72. The number of rotatable bonds is 5. The van der Waals surface area contributed by atoms with Crippen LogP contribution in [0.1, 0.15) is 37.4 Å². The molecule has 0 spiro atoms. The lowest BCUT2D eigenvalue weighted by atomic mass is 9.95. The van der Waals surface area contributed by atoms with Crippen molar-refractivity contribution < 1.29 is 19.1 Å². The highest BCUT2D eigenvalue weighted by atomic mass is 32.1. The van der Waals surface area contributed by atoms with Crippen LogP contribution in [0.15, 0.2) is 75.7 Å². The van der Waals surface area contributed by atoms with Crippen LogP contribution in [-0.4, -0.2) is 23.6 Å². The van der Waals surface area contributed by atoms with Crippen LogP contribution in [0, 0.1) is 0 Å². The number of carbonyl (C=O) groups is 2. The van der Waals surface area contributed by atoms with Crippen LogP contribution < -0.4 is 19.6 Å². The van der Waals surface area contributed by atoms with E-state index in [-0.39, 0.29) is 5.56 Å². The average Bonchev–Trinajstić information content (AvgIpc) is 3.13. The van der Waals surface area contributed by atoms with Crippen molar-refractivity contribution >= 4 is 29.4 Å². The summed E-state index contributed by atoms with van der Waals surface area (Å²) >= 11 is 1.22. The molecule has 1 atom stereocenters. The van der Waals surface area contributed by atoms with Gasteiger partial charge in [0.2, 0.25) is 0 Å². The SMILES string of the molecule is CCC1=C(C(=O)OC)[C@@H](c2ccccc2)n2c(s/c(=C/c3ccccc3OC(C)=O)c2=O)=N1. The van der Waals surface area contributed by atoms with Crippen LogP contribution in [0.4, 0.5) is 0 Å². The molecule has 1 aromatic heterocycles. The van der Waals surface area contributed by atoms with Crippen molar-refractivity contribution in [2.45, 2.75) is 26.3 Å². The number of ether oxygens (including phenoxy) is 2. The second kappa shape index (κ2) is 9.38. The van der Waals surface area contributed by atoms with E-state index in [1.165, 1.54) is 29.9 Å². The molecule has 33 heavy (non-hydrogen) atoms. The van der Waals surface area contributed by atoms with Gasteiger partial charge in [0.1, 0.15) is 5.75 Å². The van der Waals surface area contributed by atoms with Gasteiger partial charge in [-0.05, 0) is 24.1 Å². The molecule has 0 saturated carbocycles. The molecule has 3 aromatic rings. The van der Waals surface area contributed by atoms with Crippen LogP contribution in [0.25, 0.3) is 6.08 Å². The summed E-state index contributed by atoms with van der Waals surface area (Å²) in [6.07, 6.45) is 2.19. The zero-order valence-corrected chi connectivity index (χ0v) is 19.2. The summed E-state index contributed by atoms with van der Waals surface area (Å²) in [6, 6.07) is 15.7. The summed E-state index contributed by atoms with van der Waals surface area (Å²) in [5.41, 5.74) is 2.03. The number of fused-ring (bicyclic) bond motifs is 1. The van der Waals surface area contributed by atoms with Gasteiger partial charge in [0.15, 0.2) is 4.80 Å². The Morgan fingerprint density at radius 2 is 1.82 bits per heavy atom. The van der Waals surface area contributed by atoms with E-state index in [1.807, 2.05) is 37.3 Å². The summed E-state index contributed by atoms with van der Waals surface area (Å²) in [7, 11) is 1.32. The maximum atomic E-state index is 13.6. The van der Waals surface area contributed by atoms with Crippen LogP contribution in [0.2, 0.25) is 0 Å². The van der Waals surface area contributed by atoms with Crippen molar-refractivity contribution in [1.82, 2.24) is 4.57 Å². The highest BCUT2D eigenvalue weighted by molar-refractivity contribution is 7.07. The van der Waals surface area contributed by atoms with E-state index in [0.29, 0.717) is 38.3 Å². The van der Waals surface area contributed by atoms with Gasteiger partial charge in [-0.1, -0.05) is 66.8 Å². The molecule has 1 aliphatic rings. The van der Waals surface area contributed by atoms with Crippen LogP contribution >= 0.6 is 11.3 Å². The number of hydrogen-bond donors (Lipinski definition) is 0. The smallest absolute Gasteiger partial charge is 0.338 e. The molecule has 0 N–H and O–H groups in total. The first kappa shape index (κ1) is 22.4. The minimum atomic E-state index is -0.657. The van der Waals surface area contributed by atoms with Crippen molar-refractivity contribution in [3.63, 3.8) is 0 Å². The van der Waals surface area contributed by atoms with Gasteiger partial charge in [0, 0.05) is 12.5 Å². The molecule has 0 saturated heterocycles. The molecule has 7 nitrogen and oxygen atoms in total. The third-order valence-corrected chi connectivity index (χ3v) is 6.21. The predicted molar refractivity (Wildman–Crippen MR) is 125 cm³/mol. The van der Waals surface area contributed by atoms with Gasteiger partial charge in [0.25, 0.3) is 5.56 Å². The number of thiazole rings is 1. The van der Waals surface area contributed by atoms with E-state index in [1.54, 1.807) is 30.3 Å². The molecular weight excluding hydrogens is 440 g/mol. The average molecular weight is 463 g/mol. The fraction of sp³-hybridized carbons (Fsp3) is 0.200. The zero-order chi connectivity index (χ0) is 23.5. The number of benzene rings is 2. The fourth-order valence-electron chi connectivity index (χ4n) is 3.80. The first-order valence-electron chi connectivity index (χ1n) is 10.4. The molecule has 4 rings (SSSR count). The second-order valence-corrected chi connectivity index (χ2v) is 8.34. The number of para-hydroxylation sites is 1. The first-order valence-corrected chi connectivity index (χ1v) is 11.2. The third-order valence-electron chi connectivity index (χ3n) is 5.22. The van der Waals surface area contributed by atoms with E-state index in [2.05, 4.69) is 4.99 Å². The number of carbonyl (C=O) groups excluding carboxylic acids is 2. The third kappa shape index (κ3) is 4.29. The Balaban J connectivity index is 1.98. The van der Waals surface area contributed by atoms with Crippen molar-refractivity contribution in [2.24, 2.45) is 4.99 Å². The van der Waals surface area contributed by atoms with Gasteiger partial charge in [-0.2, -0.15) is 0 Å². The topological polar surface area (TPSA) is 87.0 Å². The number of allylic oxidation sites excluding steroid dienone is 1. The molecule has 2 aromatic carbocycles. The Kier molecular flexibility index (Phi) is 6.37. The van der Waals surface area contributed by atoms with Crippen molar-refractivity contribution in [3.05, 3.63) is 96.7 Å². The summed E-state index contributed by atoms with van der Waals surface area (Å²) in [6.45, 7) is 3.23. The molecule has 2 heterocycles. The molecule has 0 aliphatic carbocycles. The van der Waals surface area contributed by atoms with E-state index in [9.17, 15) is 14.4 Å². The quantitative estimate of drug-likeness (QED) is 0.430. The van der Waals surface area contributed by atoms with Gasteiger partial charge < -0.3 is 9.47 Å². The first-order chi connectivity index (χ1) is 15.9. The minimum Gasteiger partial charge on any atom is -0.466 e. The molecule has 0 radical (unpaired) electrons. The molecule has 168 valence electrons. The van der Waals surface area contributed by atoms with E-state index in [4.69, 9.17) is 9.47 Å². The summed E-state index contributed by atoms with van der Waals surface area (Å²) in [5.74, 6) is -0.601. The van der Waals surface area contributed by atoms with Crippen molar-refractivity contribution in [2.75, 3.05) is 7.11 Å². The molecule has 8 heteroatoms. The Labute approximate surface area is 193 Å². The highest BCUT2D eigenvalue weighted by Gasteiger charge is 2.33. The lowest BCUT2D eigenvalue weighted by Crippen LogP contribution is -2.40. The van der Waals surface area contributed by atoms with Crippen LogP contribution in [0.3, 0.4) is 0 Å².